The fourth-order valence-corrected chi connectivity index (χ4v) is 1.98. The van der Waals surface area contributed by atoms with Gasteiger partial charge in [-0.2, -0.15) is 0 Å². The number of likely N-dealkylation sites (N-methyl/N-ethyl adjacent to an activating group) is 1. The molecule has 16 heavy (non-hydrogen) atoms. The first-order valence-electron chi connectivity index (χ1n) is 5.87. The smallest absolute Gasteiger partial charge is 0.108 e. The minimum atomic E-state index is 0.464. The van der Waals surface area contributed by atoms with Gasteiger partial charge in [0.05, 0.1) is 11.0 Å². The van der Waals surface area contributed by atoms with E-state index in [1.807, 2.05) is 0 Å². The van der Waals surface area contributed by atoms with Gasteiger partial charge in [-0.05, 0) is 38.1 Å². The summed E-state index contributed by atoms with van der Waals surface area (Å²) >= 11 is 0. The predicted molar refractivity (Wildman–Crippen MR) is 67.7 cm³/mol. The van der Waals surface area contributed by atoms with Gasteiger partial charge >= 0.3 is 0 Å². The average Bonchev–Trinajstić information content (AvgIpc) is 2.59. The molecule has 86 valence electrons. The van der Waals surface area contributed by atoms with E-state index < -0.39 is 0 Å². The summed E-state index contributed by atoms with van der Waals surface area (Å²) < 4.78 is 0. The monoisotopic (exact) mass is 217 g/mol. The summed E-state index contributed by atoms with van der Waals surface area (Å²) in [5.41, 5.74) is 3.46. The Morgan fingerprint density at radius 2 is 2.25 bits per heavy atom. The Balaban J connectivity index is 2.19. The van der Waals surface area contributed by atoms with Gasteiger partial charge in [-0.25, -0.2) is 4.98 Å². The van der Waals surface area contributed by atoms with Crippen molar-refractivity contribution in [1.29, 1.82) is 0 Å². The molecule has 0 bridgehead atoms. The average molecular weight is 217 g/mol. The minimum Gasteiger partial charge on any atom is -0.342 e. The van der Waals surface area contributed by atoms with Crippen molar-refractivity contribution in [3.05, 3.63) is 29.6 Å². The first-order valence-corrected chi connectivity index (χ1v) is 5.87. The molecule has 1 aromatic carbocycles. The zero-order chi connectivity index (χ0) is 11.5. The van der Waals surface area contributed by atoms with Crippen molar-refractivity contribution in [2.45, 2.75) is 33.2 Å². The van der Waals surface area contributed by atoms with E-state index in [1.54, 1.807) is 0 Å². The highest BCUT2D eigenvalue weighted by molar-refractivity contribution is 5.75. The largest absolute Gasteiger partial charge is 0.342 e. The number of aryl methyl sites for hydroxylation is 1. The number of nitrogens with one attached hydrogen (secondary N) is 2. The van der Waals surface area contributed by atoms with Crippen molar-refractivity contribution in [3.63, 3.8) is 0 Å². The van der Waals surface area contributed by atoms with E-state index in [9.17, 15) is 0 Å². The number of aromatic amines is 1. The number of rotatable bonds is 4. The number of imidazole rings is 1. The molecule has 1 aromatic heterocycles. The van der Waals surface area contributed by atoms with E-state index in [0.29, 0.717) is 6.04 Å². The van der Waals surface area contributed by atoms with Gasteiger partial charge in [0.25, 0.3) is 0 Å². The second kappa shape index (κ2) is 4.66. The highest BCUT2D eigenvalue weighted by Gasteiger charge is 2.06. The van der Waals surface area contributed by atoms with Crippen LogP contribution in [0.4, 0.5) is 0 Å². The predicted octanol–water partition coefficient (Wildman–Crippen LogP) is 2.41. The zero-order valence-electron chi connectivity index (χ0n) is 10.2. The molecular formula is C13H19N3. The second-order valence-electron chi connectivity index (χ2n) is 4.37. The van der Waals surface area contributed by atoms with Crippen LogP contribution in [-0.2, 0) is 6.42 Å². The molecule has 2 aromatic rings. The fourth-order valence-electron chi connectivity index (χ4n) is 1.98. The lowest BCUT2D eigenvalue weighted by Gasteiger charge is -2.09. The molecule has 0 fully saturated rings. The second-order valence-corrected chi connectivity index (χ2v) is 4.37. The lowest BCUT2D eigenvalue weighted by atomic mass is 10.2. The molecule has 0 saturated carbocycles. The van der Waals surface area contributed by atoms with Crippen LogP contribution in [0.1, 0.15) is 25.2 Å². The quantitative estimate of drug-likeness (QED) is 0.825. The van der Waals surface area contributed by atoms with E-state index in [1.165, 1.54) is 5.56 Å². The Hall–Kier alpha value is -1.35. The molecule has 0 aliphatic rings. The van der Waals surface area contributed by atoms with Crippen molar-refractivity contribution in [1.82, 2.24) is 15.3 Å². The summed E-state index contributed by atoms with van der Waals surface area (Å²) in [4.78, 5) is 7.96. The summed E-state index contributed by atoms with van der Waals surface area (Å²) in [7, 11) is 0. The molecule has 0 saturated heterocycles. The Kier molecular flexibility index (Phi) is 3.25. The van der Waals surface area contributed by atoms with Gasteiger partial charge in [0.15, 0.2) is 0 Å². The molecule has 2 N–H and O–H groups in total. The fraction of sp³-hybridized carbons (Fsp3) is 0.462. The van der Waals surface area contributed by atoms with Gasteiger partial charge in [0, 0.05) is 12.5 Å². The van der Waals surface area contributed by atoms with Gasteiger partial charge in [-0.15, -0.1) is 0 Å². The first-order chi connectivity index (χ1) is 7.69. The van der Waals surface area contributed by atoms with Gasteiger partial charge in [-0.3, -0.25) is 0 Å². The van der Waals surface area contributed by atoms with Crippen LogP contribution in [0, 0.1) is 6.92 Å². The summed E-state index contributed by atoms with van der Waals surface area (Å²) in [5.74, 6) is 1.06. The third-order valence-corrected chi connectivity index (χ3v) is 2.74. The van der Waals surface area contributed by atoms with Crippen LogP contribution in [0.5, 0.6) is 0 Å². The van der Waals surface area contributed by atoms with Gasteiger partial charge in [0.1, 0.15) is 5.82 Å². The molecule has 0 amide bonds. The van der Waals surface area contributed by atoms with Crippen LogP contribution in [0.25, 0.3) is 11.0 Å². The maximum atomic E-state index is 4.58. The molecule has 0 spiro atoms. The van der Waals surface area contributed by atoms with Crippen LogP contribution in [0.3, 0.4) is 0 Å². The number of hydrogen-bond acceptors (Lipinski definition) is 2. The summed E-state index contributed by atoms with van der Waals surface area (Å²) in [5, 5.41) is 3.39. The van der Waals surface area contributed by atoms with Crippen LogP contribution < -0.4 is 5.32 Å². The highest BCUT2D eigenvalue weighted by Crippen LogP contribution is 2.13. The summed E-state index contributed by atoms with van der Waals surface area (Å²) in [6.45, 7) is 7.40. The number of fused-ring (bicyclic) bond motifs is 1. The summed E-state index contributed by atoms with van der Waals surface area (Å²) in [6.07, 6.45) is 0.946. The normalized spacial score (nSPS) is 13.2. The van der Waals surface area contributed by atoms with Gasteiger partial charge in [-0.1, -0.05) is 13.0 Å². The minimum absolute atomic E-state index is 0.464. The molecule has 1 unspecified atom stereocenters. The number of H-pyrrole nitrogens is 1. The first kappa shape index (κ1) is 11.1. The van der Waals surface area contributed by atoms with E-state index in [-0.39, 0.29) is 0 Å². The number of nitrogens with zero attached hydrogens (tertiary/aromatic N) is 1. The number of aromatic nitrogens is 2. The van der Waals surface area contributed by atoms with E-state index in [0.717, 1.165) is 29.8 Å². The molecule has 0 radical (unpaired) electrons. The third kappa shape index (κ3) is 2.42. The van der Waals surface area contributed by atoms with E-state index in [2.05, 4.69) is 54.3 Å². The topological polar surface area (TPSA) is 40.7 Å². The van der Waals surface area contributed by atoms with E-state index in [4.69, 9.17) is 0 Å². The van der Waals surface area contributed by atoms with E-state index >= 15 is 0 Å². The van der Waals surface area contributed by atoms with Crippen LogP contribution in [-0.4, -0.2) is 22.6 Å². The van der Waals surface area contributed by atoms with Crippen molar-refractivity contribution < 1.29 is 0 Å². The molecule has 1 atom stereocenters. The van der Waals surface area contributed by atoms with Crippen LogP contribution >= 0.6 is 0 Å². The van der Waals surface area contributed by atoms with Gasteiger partial charge < -0.3 is 10.3 Å². The molecule has 3 heteroatoms. The number of benzene rings is 1. The van der Waals surface area contributed by atoms with Crippen molar-refractivity contribution in [3.8, 4) is 0 Å². The summed E-state index contributed by atoms with van der Waals surface area (Å²) in [6, 6.07) is 6.78. The van der Waals surface area contributed by atoms with Crippen LogP contribution in [0.15, 0.2) is 18.2 Å². The van der Waals surface area contributed by atoms with Crippen molar-refractivity contribution in [2.75, 3.05) is 6.54 Å². The molecule has 0 aliphatic heterocycles. The molecule has 1 heterocycles. The van der Waals surface area contributed by atoms with Crippen molar-refractivity contribution in [2.24, 2.45) is 0 Å². The Bertz CT molecular complexity index is 473. The lowest BCUT2D eigenvalue weighted by molar-refractivity contribution is 0.555. The maximum Gasteiger partial charge on any atom is 0.108 e. The molecule has 0 aliphatic carbocycles. The molecule has 2 rings (SSSR count). The lowest BCUT2D eigenvalue weighted by Crippen LogP contribution is -2.27. The Labute approximate surface area is 96.3 Å². The highest BCUT2D eigenvalue weighted by atomic mass is 14.9. The SMILES string of the molecule is CCNC(C)Cc1nc2ccc(C)cc2[nH]1. The van der Waals surface area contributed by atoms with Crippen molar-refractivity contribution >= 4 is 11.0 Å². The Morgan fingerprint density at radius 1 is 1.44 bits per heavy atom. The molecule has 3 nitrogen and oxygen atoms in total. The van der Waals surface area contributed by atoms with Crippen LogP contribution in [0.2, 0.25) is 0 Å². The zero-order valence-corrected chi connectivity index (χ0v) is 10.2. The van der Waals surface area contributed by atoms with Gasteiger partial charge in [0.2, 0.25) is 0 Å². The Morgan fingerprint density at radius 3 is 3.00 bits per heavy atom. The maximum absolute atomic E-state index is 4.58. The molecular weight excluding hydrogens is 198 g/mol. The standard InChI is InChI=1S/C13H19N3/c1-4-14-10(3)8-13-15-11-6-5-9(2)7-12(11)16-13/h5-7,10,14H,4,8H2,1-3H3,(H,15,16). The third-order valence-electron chi connectivity index (χ3n) is 2.74. The number of hydrogen-bond donors (Lipinski definition) is 2.